The number of benzene rings is 3. The second-order valence-corrected chi connectivity index (χ2v) is 9.52. The van der Waals surface area contributed by atoms with Crippen LogP contribution in [0.25, 0.3) is 0 Å². The van der Waals surface area contributed by atoms with Gasteiger partial charge in [0.05, 0.1) is 32.4 Å². The lowest BCUT2D eigenvalue weighted by Gasteiger charge is -2.49. The van der Waals surface area contributed by atoms with Crippen LogP contribution in [0.2, 0.25) is 0 Å². The zero-order valence-corrected chi connectivity index (χ0v) is 21.2. The van der Waals surface area contributed by atoms with Gasteiger partial charge in [0, 0.05) is 29.0 Å². The molecule has 2 heterocycles. The molecular weight excluding hydrogens is 452 g/mol. The molecule has 3 aromatic carbocycles. The number of anilines is 2. The van der Waals surface area contributed by atoms with Gasteiger partial charge in [-0.25, -0.2) is 0 Å². The summed E-state index contributed by atoms with van der Waals surface area (Å²) in [5.74, 6) is 0.921. The number of aliphatic hydroxyl groups is 1. The second kappa shape index (κ2) is 10.2. The van der Waals surface area contributed by atoms with E-state index in [1.807, 2.05) is 18.2 Å². The van der Waals surface area contributed by atoms with Crippen LogP contribution in [0.5, 0.6) is 11.5 Å². The van der Waals surface area contributed by atoms with E-state index in [9.17, 15) is 9.90 Å². The van der Waals surface area contributed by atoms with Gasteiger partial charge in [0.1, 0.15) is 0 Å². The number of rotatable bonds is 6. The van der Waals surface area contributed by atoms with Gasteiger partial charge >= 0.3 is 0 Å². The third kappa shape index (κ3) is 4.09. The lowest BCUT2D eigenvalue weighted by molar-refractivity contribution is 0.0787. The van der Waals surface area contributed by atoms with E-state index in [-0.39, 0.29) is 18.0 Å². The van der Waals surface area contributed by atoms with Gasteiger partial charge < -0.3 is 24.4 Å². The van der Waals surface area contributed by atoms with Gasteiger partial charge in [0.2, 0.25) is 0 Å². The molecule has 36 heavy (non-hydrogen) atoms. The van der Waals surface area contributed by atoms with Crippen LogP contribution in [0.4, 0.5) is 11.4 Å². The Balaban J connectivity index is 1.61. The Morgan fingerprint density at radius 1 is 0.972 bits per heavy atom. The topological polar surface area (TPSA) is 62.2 Å². The highest BCUT2D eigenvalue weighted by Crippen LogP contribution is 2.46. The molecule has 3 unspecified atom stereocenters. The predicted molar refractivity (Wildman–Crippen MR) is 142 cm³/mol. The summed E-state index contributed by atoms with van der Waals surface area (Å²) in [4.78, 5) is 18.2. The number of fused-ring (bicyclic) bond motifs is 2. The Morgan fingerprint density at radius 3 is 2.44 bits per heavy atom. The number of hydrogen-bond donors (Lipinski definition) is 1. The van der Waals surface area contributed by atoms with Gasteiger partial charge in [-0.1, -0.05) is 49.7 Å². The lowest BCUT2D eigenvalue weighted by Crippen LogP contribution is -2.57. The molecular formula is C30H34N2O4. The van der Waals surface area contributed by atoms with E-state index in [0.29, 0.717) is 23.5 Å². The summed E-state index contributed by atoms with van der Waals surface area (Å²) < 4.78 is 10.8. The molecule has 3 aromatic rings. The minimum atomic E-state index is -0.741. The average Bonchev–Trinajstić information content (AvgIpc) is 2.92. The van der Waals surface area contributed by atoms with E-state index in [4.69, 9.17) is 9.47 Å². The minimum Gasteiger partial charge on any atom is -0.493 e. The molecule has 0 bridgehead atoms. The predicted octanol–water partition coefficient (Wildman–Crippen LogP) is 5.39. The number of carbonyl (C=O) groups excluding carboxylic acids is 1. The van der Waals surface area contributed by atoms with E-state index in [2.05, 4.69) is 42.2 Å². The van der Waals surface area contributed by atoms with Crippen LogP contribution in [-0.2, 0) is 6.42 Å². The van der Waals surface area contributed by atoms with Crippen molar-refractivity contribution >= 4 is 17.3 Å². The van der Waals surface area contributed by atoms with Crippen molar-refractivity contribution in [3.05, 3.63) is 83.4 Å². The molecule has 5 rings (SSSR count). The zero-order chi connectivity index (χ0) is 25.2. The summed E-state index contributed by atoms with van der Waals surface area (Å²) in [5, 5.41) is 12.0. The summed E-state index contributed by atoms with van der Waals surface area (Å²) in [5.41, 5.74) is 4.82. The highest BCUT2D eigenvalue weighted by Gasteiger charge is 2.45. The van der Waals surface area contributed by atoms with Crippen LogP contribution in [-0.4, -0.2) is 43.9 Å². The highest BCUT2D eigenvalue weighted by atomic mass is 16.5. The number of para-hydroxylation sites is 2. The summed E-state index contributed by atoms with van der Waals surface area (Å²) >= 11 is 0. The highest BCUT2D eigenvalue weighted by molar-refractivity contribution is 6.08. The SMILES string of the molecule is CCCC1C(O)C(N2CCCc3ccccc32)c2ccccc2N1C(=O)c1ccc(OC)c(OC)c1. The molecule has 0 saturated carbocycles. The van der Waals surface area contributed by atoms with Crippen molar-refractivity contribution in [1.82, 2.24) is 0 Å². The molecule has 188 valence electrons. The number of methoxy groups -OCH3 is 2. The zero-order valence-electron chi connectivity index (χ0n) is 21.2. The number of ether oxygens (including phenoxy) is 2. The summed E-state index contributed by atoms with van der Waals surface area (Å²) in [7, 11) is 3.14. The summed E-state index contributed by atoms with van der Waals surface area (Å²) in [6.45, 7) is 2.97. The number of aryl methyl sites for hydroxylation is 1. The first-order chi connectivity index (χ1) is 17.6. The quantitative estimate of drug-likeness (QED) is 0.506. The Morgan fingerprint density at radius 2 is 1.69 bits per heavy atom. The van der Waals surface area contributed by atoms with Crippen LogP contribution < -0.4 is 19.3 Å². The fourth-order valence-electron chi connectivity index (χ4n) is 5.85. The fraction of sp³-hybridized carbons (Fsp3) is 0.367. The normalized spacial score (nSPS) is 20.9. The van der Waals surface area contributed by atoms with Gasteiger partial charge in [-0.15, -0.1) is 0 Å². The number of carbonyl (C=O) groups is 1. The Kier molecular flexibility index (Phi) is 6.88. The van der Waals surface area contributed by atoms with E-state index >= 15 is 0 Å². The Bertz CT molecular complexity index is 1240. The fourth-order valence-corrected chi connectivity index (χ4v) is 5.85. The Labute approximate surface area is 213 Å². The lowest BCUT2D eigenvalue weighted by atomic mass is 9.83. The molecule has 1 N–H and O–H groups in total. The molecule has 0 spiro atoms. The molecule has 0 aliphatic carbocycles. The van der Waals surface area contributed by atoms with E-state index in [1.54, 1.807) is 37.3 Å². The van der Waals surface area contributed by atoms with Gasteiger partial charge in [-0.2, -0.15) is 0 Å². The molecule has 0 saturated heterocycles. The largest absolute Gasteiger partial charge is 0.493 e. The average molecular weight is 487 g/mol. The number of nitrogens with zero attached hydrogens (tertiary/aromatic N) is 2. The van der Waals surface area contributed by atoms with Gasteiger partial charge in [-0.05, 0) is 55.2 Å². The van der Waals surface area contributed by atoms with Crippen molar-refractivity contribution in [2.75, 3.05) is 30.6 Å². The van der Waals surface area contributed by atoms with E-state index in [0.717, 1.165) is 37.1 Å². The van der Waals surface area contributed by atoms with Crippen LogP contribution in [0.1, 0.15) is 53.7 Å². The van der Waals surface area contributed by atoms with Gasteiger partial charge in [0.15, 0.2) is 11.5 Å². The molecule has 0 radical (unpaired) electrons. The number of hydrogen-bond acceptors (Lipinski definition) is 5. The molecule has 6 nitrogen and oxygen atoms in total. The van der Waals surface area contributed by atoms with Gasteiger partial charge in [0.25, 0.3) is 5.91 Å². The number of amides is 1. The molecule has 2 aliphatic heterocycles. The molecule has 0 fully saturated rings. The molecule has 2 aliphatic rings. The third-order valence-corrected chi connectivity index (χ3v) is 7.48. The van der Waals surface area contributed by atoms with E-state index < -0.39 is 6.10 Å². The summed E-state index contributed by atoms with van der Waals surface area (Å²) in [6, 6.07) is 21.1. The van der Waals surface area contributed by atoms with Crippen molar-refractivity contribution < 1.29 is 19.4 Å². The Hall–Kier alpha value is -3.51. The van der Waals surface area contributed by atoms with Crippen LogP contribution in [0.15, 0.2) is 66.7 Å². The maximum atomic E-state index is 14.0. The van der Waals surface area contributed by atoms with Crippen LogP contribution >= 0.6 is 0 Å². The first-order valence-electron chi connectivity index (χ1n) is 12.8. The smallest absolute Gasteiger partial charge is 0.258 e. The monoisotopic (exact) mass is 486 g/mol. The van der Waals surface area contributed by atoms with Crippen molar-refractivity contribution in [3.63, 3.8) is 0 Å². The van der Waals surface area contributed by atoms with Gasteiger partial charge in [-0.3, -0.25) is 4.79 Å². The maximum absolute atomic E-state index is 14.0. The van der Waals surface area contributed by atoms with E-state index in [1.165, 1.54) is 11.3 Å². The molecule has 1 amide bonds. The first kappa shape index (κ1) is 24.2. The molecule has 0 aromatic heterocycles. The molecule has 6 heteroatoms. The van der Waals surface area contributed by atoms with Crippen molar-refractivity contribution in [2.24, 2.45) is 0 Å². The third-order valence-electron chi connectivity index (χ3n) is 7.48. The first-order valence-corrected chi connectivity index (χ1v) is 12.8. The number of aliphatic hydroxyl groups excluding tert-OH is 1. The minimum absolute atomic E-state index is 0.154. The molecule has 3 atom stereocenters. The van der Waals surface area contributed by atoms with Crippen molar-refractivity contribution in [1.29, 1.82) is 0 Å². The van der Waals surface area contributed by atoms with Crippen LogP contribution in [0.3, 0.4) is 0 Å². The summed E-state index contributed by atoms with van der Waals surface area (Å²) in [6.07, 6.45) is 2.88. The second-order valence-electron chi connectivity index (χ2n) is 9.52. The van der Waals surface area contributed by atoms with Crippen molar-refractivity contribution in [3.8, 4) is 11.5 Å². The van der Waals surface area contributed by atoms with Crippen LogP contribution in [0, 0.1) is 0 Å². The maximum Gasteiger partial charge on any atom is 0.258 e. The standard InChI is InChI=1S/C30H34N2O4/c1-4-10-25-29(33)28(31-18-9-12-20-11-5-7-14-23(20)31)22-13-6-8-15-24(22)32(25)30(34)21-16-17-26(35-2)27(19-21)36-3/h5-8,11,13-17,19,25,28-29,33H,4,9-10,12,18H2,1-3H3. The van der Waals surface area contributed by atoms with Crippen molar-refractivity contribution in [2.45, 2.75) is 50.8 Å².